The monoisotopic (exact) mass is 284 g/mol. The van der Waals surface area contributed by atoms with Gasteiger partial charge in [0.25, 0.3) is 5.95 Å². The summed E-state index contributed by atoms with van der Waals surface area (Å²) in [6.45, 7) is 0.805. The van der Waals surface area contributed by atoms with Crippen LogP contribution in [0.4, 0.5) is 5.95 Å². The summed E-state index contributed by atoms with van der Waals surface area (Å²) in [5, 5.41) is 7.33. The van der Waals surface area contributed by atoms with Gasteiger partial charge in [0.2, 0.25) is 11.2 Å². The lowest BCUT2D eigenvalue weighted by molar-refractivity contribution is 0.793. The molecular weight excluding hydrogens is 272 g/mol. The highest BCUT2D eigenvalue weighted by molar-refractivity contribution is 7.98. The van der Waals surface area contributed by atoms with Crippen molar-refractivity contribution in [3.63, 3.8) is 0 Å². The molecular formula is C10H13ClN6S. The lowest BCUT2D eigenvalue weighted by Gasteiger charge is -2.06. The standard InChI is InChI=1S/C10H13ClN6S/c1-18-7-3-4-12-9-14-8(11)15-10(16-9)17-6-2-5-13-17/h2,5-6H,3-4,7H2,1H3,(H,12,14,15,16). The first-order chi connectivity index (χ1) is 8.79. The van der Waals surface area contributed by atoms with Gasteiger partial charge in [0.05, 0.1) is 0 Å². The second-order valence-corrected chi connectivity index (χ2v) is 4.78. The second kappa shape index (κ2) is 6.55. The Bertz CT molecular complexity index is 489. The Morgan fingerprint density at radius 1 is 1.39 bits per heavy atom. The molecule has 18 heavy (non-hydrogen) atoms. The van der Waals surface area contributed by atoms with Gasteiger partial charge in [-0.15, -0.1) is 0 Å². The van der Waals surface area contributed by atoms with Crippen molar-refractivity contribution < 1.29 is 0 Å². The van der Waals surface area contributed by atoms with E-state index in [0.29, 0.717) is 11.9 Å². The summed E-state index contributed by atoms with van der Waals surface area (Å²) in [5.41, 5.74) is 0. The van der Waals surface area contributed by atoms with Crippen molar-refractivity contribution in [3.05, 3.63) is 23.7 Å². The van der Waals surface area contributed by atoms with Crippen molar-refractivity contribution in [1.82, 2.24) is 24.7 Å². The van der Waals surface area contributed by atoms with Crippen LogP contribution in [0.2, 0.25) is 5.28 Å². The Hall–Kier alpha value is -1.34. The number of halogens is 1. The summed E-state index contributed by atoms with van der Waals surface area (Å²) < 4.78 is 1.54. The molecule has 2 aromatic heterocycles. The minimum atomic E-state index is 0.155. The van der Waals surface area contributed by atoms with Gasteiger partial charge in [0, 0.05) is 18.9 Å². The Kier molecular flexibility index (Phi) is 4.77. The summed E-state index contributed by atoms with van der Waals surface area (Å²) >= 11 is 7.67. The van der Waals surface area contributed by atoms with Crippen molar-refractivity contribution in [2.45, 2.75) is 6.42 Å². The molecule has 2 rings (SSSR count). The van der Waals surface area contributed by atoms with E-state index in [1.165, 1.54) is 0 Å². The Balaban J connectivity index is 2.07. The molecule has 0 saturated heterocycles. The molecule has 8 heteroatoms. The molecule has 0 atom stereocenters. The molecule has 0 amide bonds. The fourth-order valence-corrected chi connectivity index (χ4v) is 1.91. The van der Waals surface area contributed by atoms with E-state index >= 15 is 0 Å². The van der Waals surface area contributed by atoms with E-state index < -0.39 is 0 Å². The molecule has 0 saturated carbocycles. The topological polar surface area (TPSA) is 68.5 Å². The number of aromatic nitrogens is 5. The molecule has 2 aromatic rings. The van der Waals surface area contributed by atoms with Crippen molar-refractivity contribution in [1.29, 1.82) is 0 Å². The smallest absolute Gasteiger partial charge is 0.256 e. The van der Waals surface area contributed by atoms with Crippen molar-refractivity contribution in [2.24, 2.45) is 0 Å². The van der Waals surface area contributed by atoms with Gasteiger partial charge in [-0.25, -0.2) is 4.68 Å². The maximum Gasteiger partial charge on any atom is 0.256 e. The average molecular weight is 285 g/mol. The van der Waals surface area contributed by atoms with E-state index in [1.54, 1.807) is 23.1 Å². The third kappa shape index (κ3) is 3.58. The summed E-state index contributed by atoms with van der Waals surface area (Å²) in [5.74, 6) is 1.98. The molecule has 0 aliphatic heterocycles. The van der Waals surface area contributed by atoms with Crippen molar-refractivity contribution in [3.8, 4) is 5.95 Å². The van der Waals surface area contributed by atoms with E-state index in [2.05, 4.69) is 31.6 Å². The summed E-state index contributed by atoms with van der Waals surface area (Å²) in [7, 11) is 0. The van der Waals surface area contributed by atoms with E-state index in [-0.39, 0.29) is 5.28 Å². The highest BCUT2D eigenvalue weighted by Gasteiger charge is 2.06. The number of nitrogens with one attached hydrogen (secondary N) is 1. The molecule has 96 valence electrons. The Labute approximate surface area is 114 Å². The highest BCUT2D eigenvalue weighted by atomic mass is 35.5. The zero-order chi connectivity index (χ0) is 12.8. The second-order valence-electron chi connectivity index (χ2n) is 3.45. The maximum atomic E-state index is 5.86. The first-order valence-corrected chi connectivity index (χ1v) is 7.21. The van der Waals surface area contributed by atoms with E-state index in [0.717, 1.165) is 18.7 Å². The van der Waals surface area contributed by atoms with Crippen molar-refractivity contribution >= 4 is 29.3 Å². The molecule has 6 nitrogen and oxygen atoms in total. The van der Waals surface area contributed by atoms with Crippen LogP contribution in [0.3, 0.4) is 0 Å². The Morgan fingerprint density at radius 2 is 2.28 bits per heavy atom. The summed E-state index contributed by atoms with van der Waals surface area (Å²) in [6, 6.07) is 1.79. The van der Waals surface area contributed by atoms with Crippen LogP contribution in [-0.2, 0) is 0 Å². The SMILES string of the molecule is CSCCCNc1nc(Cl)nc(-n2cccn2)n1. The lowest BCUT2D eigenvalue weighted by atomic mass is 10.5. The minimum absolute atomic E-state index is 0.155. The van der Waals surface area contributed by atoms with E-state index in [1.807, 2.05) is 11.8 Å². The van der Waals surface area contributed by atoms with Gasteiger partial charge in [-0.1, -0.05) is 0 Å². The van der Waals surface area contributed by atoms with E-state index in [4.69, 9.17) is 11.6 Å². The number of rotatable bonds is 6. The number of anilines is 1. The number of thioether (sulfide) groups is 1. The first kappa shape index (κ1) is 13.1. The molecule has 0 spiro atoms. The van der Waals surface area contributed by atoms with Gasteiger partial charge >= 0.3 is 0 Å². The minimum Gasteiger partial charge on any atom is -0.354 e. The van der Waals surface area contributed by atoms with Gasteiger partial charge in [-0.2, -0.15) is 31.8 Å². The van der Waals surface area contributed by atoms with Gasteiger partial charge in [0.1, 0.15) is 0 Å². The molecule has 0 aliphatic rings. The van der Waals surface area contributed by atoms with Gasteiger partial charge in [-0.3, -0.25) is 0 Å². The van der Waals surface area contributed by atoms with Crippen LogP contribution in [-0.4, -0.2) is 43.3 Å². The quantitative estimate of drug-likeness (QED) is 0.817. The summed E-state index contributed by atoms with van der Waals surface area (Å²) in [6.07, 6.45) is 6.53. The van der Waals surface area contributed by atoms with Gasteiger partial charge in [-0.05, 0) is 36.1 Å². The van der Waals surface area contributed by atoms with Crippen LogP contribution in [0.15, 0.2) is 18.5 Å². The van der Waals surface area contributed by atoms with Crippen LogP contribution < -0.4 is 5.32 Å². The number of hydrogen-bond donors (Lipinski definition) is 1. The molecule has 1 N–H and O–H groups in total. The predicted octanol–water partition coefficient (Wildman–Crippen LogP) is 1.88. The normalized spacial score (nSPS) is 10.6. The third-order valence-corrected chi connectivity index (χ3v) is 2.98. The average Bonchev–Trinajstić information content (AvgIpc) is 2.88. The van der Waals surface area contributed by atoms with Crippen molar-refractivity contribution in [2.75, 3.05) is 23.9 Å². The van der Waals surface area contributed by atoms with Gasteiger partial charge in [0.15, 0.2) is 0 Å². The van der Waals surface area contributed by atoms with Crippen LogP contribution in [0.5, 0.6) is 0 Å². The number of hydrogen-bond acceptors (Lipinski definition) is 6. The fourth-order valence-electron chi connectivity index (χ4n) is 1.32. The molecule has 0 aliphatic carbocycles. The zero-order valence-corrected chi connectivity index (χ0v) is 11.4. The van der Waals surface area contributed by atoms with Crippen LogP contribution in [0.25, 0.3) is 5.95 Å². The highest BCUT2D eigenvalue weighted by Crippen LogP contribution is 2.09. The molecule has 0 aromatic carbocycles. The molecule has 0 fully saturated rings. The molecule has 0 radical (unpaired) electrons. The summed E-state index contributed by atoms with van der Waals surface area (Å²) in [4.78, 5) is 12.3. The van der Waals surface area contributed by atoms with Crippen LogP contribution in [0, 0.1) is 0 Å². The maximum absolute atomic E-state index is 5.86. The molecule has 0 bridgehead atoms. The molecule has 0 unspecified atom stereocenters. The fraction of sp³-hybridized carbons (Fsp3) is 0.400. The first-order valence-electron chi connectivity index (χ1n) is 5.44. The zero-order valence-electron chi connectivity index (χ0n) is 9.88. The van der Waals surface area contributed by atoms with Gasteiger partial charge < -0.3 is 5.32 Å². The van der Waals surface area contributed by atoms with Crippen LogP contribution in [0.1, 0.15) is 6.42 Å². The lowest BCUT2D eigenvalue weighted by Crippen LogP contribution is -2.10. The molecule has 2 heterocycles. The largest absolute Gasteiger partial charge is 0.354 e. The number of nitrogens with zero attached hydrogens (tertiary/aromatic N) is 5. The van der Waals surface area contributed by atoms with E-state index in [9.17, 15) is 0 Å². The predicted molar refractivity (Wildman–Crippen MR) is 73.4 cm³/mol. The Morgan fingerprint density at radius 3 is 3.00 bits per heavy atom. The third-order valence-electron chi connectivity index (χ3n) is 2.11. The van der Waals surface area contributed by atoms with Crippen LogP contribution >= 0.6 is 23.4 Å².